The third kappa shape index (κ3) is 2.56. The third-order valence-electron chi connectivity index (χ3n) is 3.51. The number of carbonyl (C=O) groups is 1. The van der Waals surface area contributed by atoms with E-state index in [0.29, 0.717) is 6.54 Å². The smallest absolute Gasteiger partial charge is 0.332 e. The third-order valence-corrected chi connectivity index (χ3v) is 3.51. The van der Waals surface area contributed by atoms with Gasteiger partial charge in [-0.3, -0.25) is 18.7 Å². The number of rotatable bonds is 5. The summed E-state index contributed by atoms with van der Waals surface area (Å²) in [5.74, 6) is -0.592. The van der Waals surface area contributed by atoms with Crippen molar-refractivity contribution in [2.75, 3.05) is 0 Å². The fraction of sp³-hybridized carbons (Fsp3) is 0.571. The Labute approximate surface area is 126 Å². The zero-order valence-corrected chi connectivity index (χ0v) is 13.2. The quantitative estimate of drug-likeness (QED) is 0.850. The molecule has 0 bridgehead atoms. The summed E-state index contributed by atoms with van der Waals surface area (Å²) in [6, 6.07) is 0. The molecule has 120 valence electrons. The molecule has 2 aromatic rings. The Balaban J connectivity index is 2.89. The second kappa shape index (κ2) is 5.78. The summed E-state index contributed by atoms with van der Waals surface area (Å²) in [4.78, 5) is 40.1. The molecule has 2 heterocycles. The van der Waals surface area contributed by atoms with Crippen molar-refractivity contribution in [3.63, 3.8) is 0 Å². The predicted molar refractivity (Wildman–Crippen MR) is 81.1 cm³/mol. The van der Waals surface area contributed by atoms with Gasteiger partial charge in [0, 0.05) is 20.1 Å². The Morgan fingerprint density at radius 1 is 1.27 bits per heavy atom. The highest BCUT2D eigenvalue weighted by atomic mass is 16.4. The molecular formula is C14H20N4O4. The van der Waals surface area contributed by atoms with Gasteiger partial charge in [-0.1, -0.05) is 13.8 Å². The van der Waals surface area contributed by atoms with Crippen LogP contribution in [-0.4, -0.2) is 29.8 Å². The molecule has 0 atom stereocenters. The highest BCUT2D eigenvalue weighted by Gasteiger charge is 2.20. The summed E-state index contributed by atoms with van der Waals surface area (Å²) in [6.07, 6.45) is -0.299. The molecule has 1 N–H and O–H groups in total. The van der Waals surface area contributed by atoms with Crippen molar-refractivity contribution in [3.05, 3.63) is 26.7 Å². The van der Waals surface area contributed by atoms with Crippen molar-refractivity contribution in [2.45, 2.75) is 40.3 Å². The maximum absolute atomic E-state index is 12.5. The number of hydrogen-bond donors (Lipinski definition) is 1. The van der Waals surface area contributed by atoms with E-state index in [1.54, 1.807) is 14.0 Å². The molecule has 8 nitrogen and oxygen atoms in total. The molecule has 0 saturated heterocycles. The molecule has 0 spiro atoms. The molecule has 0 amide bonds. The van der Waals surface area contributed by atoms with Crippen LogP contribution in [0.2, 0.25) is 0 Å². The van der Waals surface area contributed by atoms with Gasteiger partial charge in [0.2, 0.25) is 0 Å². The normalized spacial score (nSPS) is 11.5. The fourth-order valence-corrected chi connectivity index (χ4v) is 2.51. The van der Waals surface area contributed by atoms with E-state index in [1.165, 1.54) is 9.13 Å². The lowest BCUT2D eigenvalue weighted by atomic mass is 10.2. The number of aliphatic carboxylic acids is 1. The zero-order chi connectivity index (χ0) is 16.6. The number of hydrogen-bond acceptors (Lipinski definition) is 4. The lowest BCUT2D eigenvalue weighted by Gasteiger charge is -2.12. The summed E-state index contributed by atoms with van der Waals surface area (Å²) >= 11 is 0. The molecule has 0 unspecified atom stereocenters. The first-order valence-corrected chi connectivity index (χ1v) is 7.18. The van der Waals surface area contributed by atoms with Gasteiger partial charge in [-0.2, -0.15) is 0 Å². The Kier molecular flexibility index (Phi) is 4.20. The topological polar surface area (TPSA) is 99.1 Å². The van der Waals surface area contributed by atoms with Gasteiger partial charge in [0.25, 0.3) is 5.56 Å². The molecule has 8 heteroatoms. The standard InChI is InChI=1S/C14H20N4O4/c1-5-17-13(21)11-12(18(14(17)22)7-8(2)3)15-9(16(11)4)6-10(19)20/h8H,5-7H2,1-4H3,(H,19,20). The minimum absolute atomic E-state index is 0.189. The number of imidazole rings is 1. The van der Waals surface area contributed by atoms with Crippen molar-refractivity contribution in [1.82, 2.24) is 18.7 Å². The first-order chi connectivity index (χ1) is 10.3. The number of aryl methyl sites for hydroxylation is 1. The van der Waals surface area contributed by atoms with Crippen molar-refractivity contribution in [3.8, 4) is 0 Å². The van der Waals surface area contributed by atoms with Crippen LogP contribution in [0.1, 0.15) is 26.6 Å². The van der Waals surface area contributed by atoms with Crippen molar-refractivity contribution >= 4 is 17.1 Å². The molecule has 22 heavy (non-hydrogen) atoms. The largest absolute Gasteiger partial charge is 0.481 e. The van der Waals surface area contributed by atoms with Crippen LogP contribution in [0.5, 0.6) is 0 Å². The van der Waals surface area contributed by atoms with E-state index in [9.17, 15) is 14.4 Å². The molecule has 2 aromatic heterocycles. The molecule has 0 aliphatic heterocycles. The lowest BCUT2D eigenvalue weighted by molar-refractivity contribution is -0.136. The van der Waals surface area contributed by atoms with Crippen LogP contribution < -0.4 is 11.2 Å². The Morgan fingerprint density at radius 2 is 1.91 bits per heavy atom. The number of carboxylic acids is 1. The second-order valence-corrected chi connectivity index (χ2v) is 5.67. The average molecular weight is 308 g/mol. The van der Waals surface area contributed by atoms with Gasteiger partial charge in [0.05, 0.1) is 0 Å². The van der Waals surface area contributed by atoms with Crippen molar-refractivity contribution in [2.24, 2.45) is 13.0 Å². The Morgan fingerprint density at radius 3 is 2.41 bits per heavy atom. The zero-order valence-electron chi connectivity index (χ0n) is 13.2. The van der Waals surface area contributed by atoms with Gasteiger partial charge in [0.15, 0.2) is 11.2 Å². The molecule has 0 aromatic carbocycles. The van der Waals surface area contributed by atoms with Gasteiger partial charge >= 0.3 is 11.7 Å². The van der Waals surface area contributed by atoms with Gasteiger partial charge in [-0.15, -0.1) is 0 Å². The summed E-state index contributed by atoms with van der Waals surface area (Å²) < 4.78 is 4.07. The number of nitrogens with zero attached hydrogens (tertiary/aromatic N) is 4. The Bertz CT molecular complexity index is 841. The number of fused-ring (bicyclic) bond motifs is 1. The highest BCUT2D eigenvalue weighted by molar-refractivity contribution is 5.74. The molecule has 0 aliphatic carbocycles. The minimum atomic E-state index is -1.04. The maximum Gasteiger partial charge on any atom is 0.332 e. The number of carboxylic acid groups (broad SMARTS) is 1. The van der Waals surface area contributed by atoms with Crippen molar-refractivity contribution in [1.29, 1.82) is 0 Å². The summed E-state index contributed by atoms with van der Waals surface area (Å²) in [5, 5.41) is 8.95. The minimum Gasteiger partial charge on any atom is -0.481 e. The van der Waals surface area contributed by atoms with Gasteiger partial charge < -0.3 is 9.67 Å². The van der Waals surface area contributed by atoms with E-state index in [0.717, 1.165) is 4.57 Å². The molecule has 0 fully saturated rings. The van der Waals surface area contributed by atoms with Gasteiger partial charge in [-0.05, 0) is 12.8 Å². The molecule has 0 radical (unpaired) electrons. The molecule has 0 saturated carbocycles. The van der Waals surface area contributed by atoms with Gasteiger partial charge in [0.1, 0.15) is 12.2 Å². The summed E-state index contributed by atoms with van der Waals surface area (Å²) in [7, 11) is 1.60. The average Bonchev–Trinajstić information content (AvgIpc) is 2.72. The summed E-state index contributed by atoms with van der Waals surface area (Å²) in [5.41, 5.74) is -0.326. The SMILES string of the molecule is CCn1c(=O)c2c(nc(CC(=O)O)n2C)n(CC(C)C)c1=O. The second-order valence-electron chi connectivity index (χ2n) is 5.67. The van der Waals surface area contributed by atoms with E-state index in [-0.39, 0.29) is 35.9 Å². The first kappa shape index (κ1) is 16.0. The van der Waals surface area contributed by atoms with Gasteiger partial charge in [-0.25, -0.2) is 9.78 Å². The highest BCUT2D eigenvalue weighted by Crippen LogP contribution is 2.12. The van der Waals surface area contributed by atoms with Crippen LogP contribution >= 0.6 is 0 Å². The molecular weight excluding hydrogens is 288 g/mol. The van der Waals surface area contributed by atoms with Crippen LogP contribution in [0.3, 0.4) is 0 Å². The predicted octanol–water partition coefficient (Wildman–Crippen LogP) is 0.200. The maximum atomic E-state index is 12.5. The first-order valence-electron chi connectivity index (χ1n) is 7.18. The van der Waals surface area contributed by atoms with Crippen LogP contribution in [0, 0.1) is 5.92 Å². The van der Waals surface area contributed by atoms with Crippen LogP contribution in [-0.2, 0) is 31.4 Å². The van der Waals surface area contributed by atoms with E-state index in [4.69, 9.17) is 5.11 Å². The van der Waals surface area contributed by atoms with Crippen LogP contribution in [0.15, 0.2) is 9.59 Å². The fourth-order valence-electron chi connectivity index (χ4n) is 2.51. The number of aromatic nitrogens is 4. The van der Waals surface area contributed by atoms with Crippen LogP contribution in [0.4, 0.5) is 0 Å². The van der Waals surface area contributed by atoms with Crippen LogP contribution in [0.25, 0.3) is 11.2 Å². The van der Waals surface area contributed by atoms with E-state index in [2.05, 4.69) is 4.98 Å². The molecule has 0 aliphatic rings. The van der Waals surface area contributed by atoms with E-state index < -0.39 is 17.2 Å². The van der Waals surface area contributed by atoms with E-state index >= 15 is 0 Å². The van der Waals surface area contributed by atoms with E-state index in [1.807, 2.05) is 13.8 Å². The molecule has 2 rings (SSSR count). The summed E-state index contributed by atoms with van der Waals surface area (Å²) in [6.45, 7) is 6.31. The lowest BCUT2D eigenvalue weighted by Crippen LogP contribution is -2.40. The van der Waals surface area contributed by atoms with Crippen molar-refractivity contribution < 1.29 is 9.90 Å². The Hall–Kier alpha value is -2.38. The monoisotopic (exact) mass is 308 g/mol.